The van der Waals surface area contributed by atoms with Gasteiger partial charge < -0.3 is 16.2 Å². The predicted octanol–water partition coefficient (Wildman–Crippen LogP) is 0.247. The fraction of sp³-hybridized carbons (Fsp3) is 0.278. The minimum atomic E-state index is -4.82. The Balaban J connectivity index is 2.47. The van der Waals surface area contributed by atoms with Crippen LogP contribution in [0.5, 0.6) is 0 Å². The molecule has 2 aromatic rings. The summed E-state index contributed by atoms with van der Waals surface area (Å²) in [5, 5.41) is 17.1. The van der Waals surface area contributed by atoms with Crippen molar-refractivity contribution in [2.24, 2.45) is 10.9 Å². The molecule has 14 heteroatoms. The molecule has 0 fully saturated rings. The number of primary sulfonamides is 1. The third-order valence-corrected chi connectivity index (χ3v) is 4.77. The van der Waals surface area contributed by atoms with Crippen LogP contribution in [0.1, 0.15) is 25.1 Å². The molecule has 0 atom stereocenters. The monoisotopic (exact) mass is 477 g/mol. The highest BCUT2D eigenvalue weighted by molar-refractivity contribution is 7.89. The fourth-order valence-electron chi connectivity index (χ4n) is 2.37. The number of hydrogen-bond acceptors (Lipinski definition) is 7. The van der Waals surface area contributed by atoms with Crippen LogP contribution in [0.25, 0.3) is 5.57 Å². The topological polar surface area (TPSA) is 158 Å². The van der Waals surface area contributed by atoms with Crippen LogP contribution in [0.4, 0.5) is 29.2 Å². The first-order valence-corrected chi connectivity index (χ1v) is 10.4. The summed E-state index contributed by atoms with van der Waals surface area (Å²) in [4.78, 5) is 9.52. The van der Waals surface area contributed by atoms with E-state index >= 15 is 0 Å². The molecule has 0 saturated heterocycles. The molecule has 0 saturated carbocycles. The Bertz CT molecular complexity index is 1160. The Morgan fingerprint density at radius 3 is 2.47 bits per heavy atom. The second-order valence-electron chi connectivity index (χ2n) is 7.22. The third kappa shape index (κ3) is 6.70. The molecule has 1 aromatic carbocycles. The molecule has 0 aliphatic carbocycles. The smallest absolute Gasteiger partial charge is 0.404 e. The molecule has 0 spiro atoms. The summed E-state index contributed by atoms with van der Waals surface area (Å²) in [6, 6.07) is 2.67. The largest absolute Gasteiger partial charge is 0.420 e. The van der Waals surface area contributed by atoms with Crippen molar-refractivity contribution in [2.45, 2.75) is 30.5 Å². The number of halogens is 4. The second-order valence-corrected chi connectivity index (χ2v) is 8.79. The van der Waals surface area contributed by atoms with Crippen molar-refractivity contribution in [3.8, 4) is 0 Å². The van der Waals surface area contributed by atoms with E-state index < -0.39 is 49.7 Å². The second kappa shape index (κ2) is 9.18. The predicted molar refractivity (Wildman–Crippen MR) is 108 cm³/mol. The Kier molecular flexibility index (Phi) is 7.22. The lowest BCUT2D eigenvalue weighted by atomic mass is 10.1. The van der Waals surface area contributed by atoms with E-state index in [1.54, 1.807) is 0 Å². The zero-order chi connectivity index (χ0) is 24.3. The molecule has 7 N–H and O–H groups in total. The maximum Gasteiger partial charge on any atom is 0.420 e. The summed E-state index contributed by atoms with van der Waals surface area (Å²) >= 11 is 0. The fourth-order valence-corrected chi connectivity index (χ4v) is 2.90. The van der Waals surface area contributed by atoms with E-state index in [9.17, 15) is 31.1 Å². The van der Waals surface area contributed by atoms with Crippen molar-refractivity contribution in [3.63, 3.8) is 0 Å². The van der Waals surface area contributed by atoms with Gasteiger partial charge >= 0.3 is 6.18 Å². The number of nitrogens with two attached hydrogens (primary N) is 2. The van der Waals surface area contributed by atoms with Crippen LogP contribution in [0.2, 0.25) is 0 Å². The maximum absolute atomic E-state index is 14.2. The number of nitrogens with zero attached hydrogens (tertiary/aromatic N) is 2. The molecule has 32 heavy (non-hydrogen) atoms. The van der Waals surface area contributed by atoms with Gasteiger partial charge in [-0.1, -0.05) is 0 Å². The van der Waals surface area contributed by atoms with Crippen LogP contribution in [0.3, 0.4) is 0 Å². The van der Waals surface area contributed by atoms with Gasteiger partial charge in [-0.05, 0) is 32.0 Å². The van der Waals surface area contributed by atoms with Crippen molar-refractivity contribution < 1.29 is 36.1 Å². The molecule has 174 valence electrons. The third-order valence-electron chi connectivity index (χ3n) is 3.85. The summed E-state index contributed by atoms with van der Waals surface area (Å²) in [5.74, 6) is -1.46. The first kappa shape index (κ1) is 25.2. The number of alkyl halides is 3. The zero-order valence-electron chi connectivity index (χ0n) is 16.9. The van der Waals surface area contributed by atoms with Gasteiger partial charge in [-0.2, -0.15) is 13.2 Å². The van der Waals surface area contributed by atoms with Gasteiger partial charge in [0.15, 0.2) is 12.8 Å². The van der Waals surface area contributed by atoms with Crippen LogP contribution in [0.15, 0.2) is 35.5 Å². The van der Waals surface area contributed by atoms with Crippen LogP contribution in [-0.4, -0.2) is 41.9 Å². The van der Waals surface area contributed by atoms with Crippen LogP contribution < -0.4 is 21.2 Å². The molecule has 0 radical (unpaired) electrons. The number of allylic oxidation sites excluding steroid dienone is 1. The number of aromatic nitrogens is 2. The van der Waals surface area contributed by atoms with Gasteiger partial charge in [0, 0.05) is 12.4 Å². The molecule has 0 aliphatic rings. The Morgan fingerprint density at radius 2 is 1.97 bits per heavy atom. The van der Waals surface area contributed by atoms with E-state index in [0.717, 1.165) is 24.5 Å². The number of hydrogen-bond donors (Lipinski definition) is 5. The van der Waals surface area contributed by atoms with Gasteiger partial charge in [-0.3, -0.25) is 0 Å². The van der Waals surface area contributed by atoms with E-state index in [-0.39, 0.29) is 17.8 Å². The maximum atomic E-state index is 14.2. The molecule has 0 unspecified atom stereocenters. The first-order chi connectivity index (χ1) is 14.6. The van der Waals surface area contributed by atoms with Crippen molar-refractivity contribution >= 4 is 33.4 Å². The number of nitrogens with one attached hydrogen (secondary N) is 2. The highest BCUT2D eigenvalue weighted by Crippen LogP contribution is 2.34. The lowest BCUT2D eigenvalue weighted by molar-refractivity contribution is -0.472. The molecular formula is C18H21F4N6O3S+. The van der Waals surface area contributed by atoms with Gasteiger partial charge in [0.05, 0.1) is 21.8 Å². The van der Waals surface area contributed by atoms with E-state index in [0.29, 0.717) is 12.3 Å². The van der Waals surface area contributed by atoms with E-state index in [2.05, 4.69) is 20.3 Å². The number of rotatable bonds is 7. The highest BCUT2D eigenvalue weighted by Gasteiger charge is 2.36. The average molecular weight is 477 g/mol. The van der Waals surface area contributed by atoms with Crippen molar-refractivity contribution in [1.82, 2.24) is 9.97 Å². The SMILES string of the molecule is CC(C)(O)C[NH+]=C/C(=C\N)c1nc(Nc2ccc(S(N)(=O)=O)cc2F)ncc1C(F)(F)F. The van der Waals surface area contributed by atoms with Crippen molar-refractivity contribution in [1.29, 1.82) is 0 Å². The number of sulfonamides is 1. The minimum absolute atomic E-state index is 0.00346. The summed E-state index contributed by atoms with van der Waals surface area (Å²) < 4.78 is 77.2. The van der Waals surface area contributed by atoms with E-state index in [1.165, 1.54) is 13.8 Å². The number of benzene rings is 1. The van der Waals surface area contributed by atoms with Crippen LogP contribution in [-0.2, 0) is 16.2 Å². The molecule has 0 aliphatic heterocycles. The average Bonchev–Trinajstić information content (AvgIpc) is 2.64. The summed E-state index contributed by atoms with van der Waals surface area (Å²) in [6.45, 7) is 2.98. The van der Waals surface area contributed by atoms with Gasteiger partial charge in [-0.15, -0.1) is 0 Å². The first-order valence-electron chi connectivity index (χ1n) is 8.86. The lowest BCUT2D eigenvalue weighted by Gasteiger charge is -2.14. The Morgan fingerprint density at radius 1 is 1.31 bits per heavy atom. The summed E-state index contributed by atoms with van der Waals surface area (Å²) in [7, 11) is -4.15. The molecular weight excluding hydrogens is 456 g/mol. The van der Waals surface area contributed by atoms with Gasteiger partial charge in [0.2, 0.25) is 16.0 Å². The summed E-state index contributed by atoms with van der Waals surface area (Å²) in [5.41, 5.74) is 2.05. The quantitative estimate of drug-likeness (QED) is 0.282. The zero-order valence-corrected chi connectivity index (χ0v) is 17.7. The molecule has 0 bridgehead atoms. The summed E-state index contributed by atoms with van der Waals surface area (Å²) in [6.07, 6.45) is -2.32. The molecule has 1 aromatic heterocycles. The number of aliphatic hydroxyl groups is 1. The molecule has 1 heterocycles. The molecule has 2 rings (SSSR count). The van der Waals surface area contributed by atoms with Crippen molar-refractivity contribution in [3.05, 3.63) is 47.7 Å². The standard InChI is InChI=1S/C18H20F4N6O3S/c1-17(2,29)9-25-7-10(6-23)15-12(18(20,21)22)8-26-16(28-15)27-14-4-3-11(5-13(14)19)32(24,30)31/h3-8,29H,9,23H2,1-2H3,(H2,24,30,31)(H,26,27,28)/p+1/b10-6+,25-7?. The van der Waals surface area contributed by atoms with E-state index in [1.807, 2.05) is 0 Å². The Labute approximate surface area is 180 Å². The van der Waals surface area contributed by atoms with Gasteiger partial charge in [0.25, 0.3) is 0 Å². The van der Waals surface area contributed by atoms with Crippen molar-refractivity contribution in [2.75, 3.05) is 11.9 Å². The molecule has 9 nitrogen and oxygen atoms in total. The van der Waals surface area contributed by atoms with Crippen LogP contribution >= 0.6 is 0 Å². The van der Waals surface area contributed by atoms with E-state index in [4.69, 9.17) is 10.9 Å². The van der Waals surface area contributed by atoms with Crippen LogP contribution in [0, 0.1) is 5.82 Å². The van der Waals surface area contributed by atoms with Gasteiger partial charge in [0.1, 0.15) is 17.0 Å². The minimum Gasteiger partial charge on any atom is -0.404 e. The number of anilines is 2. The molecule has 0 amide bonds. The Hall–Kier alpha value is -3.10. The lowest BCUT2D eigenvalue weighted by Crippen LogP contribution is -2.74. The normalized spacial score (nSPS) is 13.6. The van der Waals surface area contributed by atoms with Gasteiger partial charge in [-0.25, -0.2) is 32.9 Å². The highest BCUT2D eigenvalue weighted by atomic mass is 32.2.